The van der Waals surface area contributed by atoms with E-state index < -0.39 is 6.10 Å². The fraction of sp³-hybridized carbons (Fsp3) is 0.643. The third-order valence-corrected chi connectivity index (χ3v) is 2.92. The maximum Gasteiger partial charge on any atom is 0.317 e. The van der Waals surface area contributed by atoms with Gasteiger partial charge in [0.25, 0.3) is 0 Å². The van der Waals surface area contributed by atoms with Crippen LogP contribution in [0.2, 0.25) is 0 Å². The molecule has 0 saturated carbocycles. The van der Waals surface area contributed by atoms with Gasteiger partial charge in [0, 0.05) is 24.7 Å². The quantitative estimate of drug-likeness (QED) is 0.860. The molecule has 1 atom stereocenters. The van der Waals surface area contributed by atoms with E-state index in [0.29, 0.717) is 13.1 Å². The minimum atomic E-state index is -0.536. The first kappa shape index (κ1) is 15.6. The molecule has 1 aromatic rings. The Morgan fingerprint density at radius 2 is 2.05 bits per heavy atom. The summed E-state index contributed by atoms with van der Waals surface area (Å²) in [4.78, 5) is 13.7. The van der Waals surface area contributed by atoms with E-state index in [9.17, 15) is 9.90 Å². The monoisotopic (exact) mass is 268 g/mol. The van der Waals surface area contributed by atoms with Gasteiger partial charge in [-0.1, -0.05) is 0 Å². The fourth-order valence-corrected chi connectivity index (χ4v) is 1.94. The van der Waals surface area contributed by atoms with Gasteiger partial charge in [0.15, 0.2) is 0 Å². The topological polar surface area (TPSA) is 65.7 Å². The van der Waals surface area contributed by atoms with E-state index in [4.69, 9.17) is 4.42 Å². The van der Waals surface area contributed by atoms with E-state index in [1.54, 1.807) is 11.8 Å². The fourth-order valence-electron chi connectivity index (χ4n) is 1.94. The van der Waals surface area contributed by atoms with E-state index >= 15 is 0 Å². The molecule has 0 aliphatic rings. The van der Waals surface area contributed by atoms with Crippen LogP contribution in [0.3, 0.4) is 0 Å². The van der Waals surface area contributed by atoms with E-state index in [-0.39, 0.29) is 12.1 Å². The van der Waals surface area contributed by atoms with Crippen LogP contribution in [-0.4, -0.2) is 34.7 Å². The average Bonchev–Trinajstić information content (AvgIpc) is 2.61. The van der Waals surface area contributed by atoms with Gasteiger partial charge in [0.05, 0.1) is 6.10 Å². The summed E-state index contributed by atoms with van der Waals surface area (Å²) in [5.74, 6) is 1.66. The molecular formula is C14H24N2O3. The van der Waals surface area contributed by atoms with Gasteiger partial charge in [0.1, 0.15) is 11.5 Å². The van der Waals surface area contributed by atoms with Gasteiger partial charge in [-0.15, -0.1) is 0 Å². The number of furan rings is 1. The normalized spacial score (nSPS) is 12.6. The van der Waals surface area contributed by atoms with Gasteiger partial charge in [0.2, 0.25) is 0 Å². The maximum atomic E-state index is 12.1. The Morgan fingerprint density at radius 1 is 1.42 bits per heavy atom. The molecule has 1 aromatic heterocycles. The number of hydrogen-bond donors (Lipinski definition) is 2. The number of carbonyl (C=O) groups excluding carboxylic acids is 1. The van der Waals surface area contributed by atoms with Gasteiger partial charge >= 0.3 is 6.03 Å². The van der Waals surface area contributed by atoms with Gasteiger partial charge in [-0.05, 0) is 40.7 Å². The van der Waals surface area contributed by atoms with Crippen LogP contribution in [0, 0.1) is 13.8 Å². The van der Waals surface area contributed by atoms with Crippen molar-refractivity contribution < 1.29 is 14.3 Å². The lowest BCUT2D eigenvalue weighted by Gasteiger charge is -2.28. The van der Waals surface area contributed by atoms with Crippen LogP contribution in [0.4, 0.5) is 4.79 Å². The highest BCUT2D eigenvalue weighted by Gasteiger charge is 2.18. The van der Waals surface area contributed by atoms with Crippen molar-refractivity contribution in [2.24, 2.45) is 0 Å². The zero-order valence-corrected chi connectivity index (χ0v) is 12.4. The first-order valence-electron chi connectivity index (χ1n) is 6.59. The molecule has 0 bridgehead atoms. The molecule has 108 valence electrons. The van der Waals surface area contributed by atoms with Crippen LogP contribution >= 0.6 is 0 Å². The van der Waals surface area contributed by atoms with Gasteiger partial charge in [-0.2, -0.15) is 0 Å². The lowest BCUT2D eigenvalue weighted by molar-refractivity contribution is 0.118. The molecule has 5 nitrogen and oxygen atoms in total. The Kier molecular flexibility index (Phi) is 5.42. The summed E-state index contributed by atoms with van der Waals surface area (Å²) in [6.07, 6.45) is -0.536. The molecule has 1 heterocycles. The molecule has 0 aliphatic heterocycles. The van der Waals surface area contributed by atoms with Gasteiger partial charge in [-0.3, -0.25) is 0 Å². The summed E-state index contributed by atoms with van der Waals surface area (Å²) in [5.41, 5.74) is 0.978. The maximum absolute atomic E-state index is 12.1. The number of aryl methyl sites for hydroxylation is 2. The molecule has 1 unspecified atom stereocenters. The Balaban J connectivity index is 2.60. The van der Waals surface area contributed by atoms with Crippen LogP contribution in [-0.2, 0) is 6.54 Å². The Labute approximate surface area is 114 Å². The van der Waals surface area contributed by atoms with Crippen LogP contribution in [0.5, 0.6) is 0 Å². The second-order valence-electron chi connectivity index (χ2n) is 5.19. The van der Waals surface area contributed by atoms with Gasteiger partial charge in [-0.25, -0.2) is 4.79 Å². The zero-order valence-electron chi connectivity index (χ0n) is 12.4. The van der Waals surface area contributed by atoms with E-state index in [2.05, 4.69) is 5.32 Å². The van der Waals surface area contributed by atoms with Crippen LogP contribution < -0.4 is 5.32 Å². The molecule has 1 rings (SSSR count). The molecule has 5 heteroatoms. The summed E-state index contributed by atoms with van der Waals surface area (Å²) in [6, 6.07) is 1.79. The van der Waals surface area contributed by atoms with Gasteiger partial charge < -0.3 is 19.7 Å². The Hall–Kier alpha value is -1.49. The van der Waals surface area contributed by atoms with Crippen molar-refractivity contribution in [1.82, 2.24) is 10.2 Å². The van der Waals surface area contributed by atoms with Crippen molar-refractivity contribution in [3.05, 3.63) is 23.2 Å². The summed E-state index contributed by atoms with van der Waals surface area (Å²) in [6.45, 7) is 10.0. The zero-order chi connectivity index (χ0) is 14.6. The van der Waals surface area contributed by atoms with Crippen LogP contribution in [0.1, 0.15) is 37.9 Å². The summed E-state index contributed by atoms with van der Waals surface area (Å²) >= 11 is 0. The number of amides is 2. The predicted molar refractivity (Wildman–Crippen MR) is 73.9 cm³/mol. The molecule has 19 heavy (non-hydrogen) atoms. The first-order valence-corrected chi connectivity index (χ1v) is 6.59. The number of hydrogen-bond acceptors (Lipinski definition) is 3. The lowest BCUT2D eigenvalue weighted by atomic mass is 10.2. The number of rotatable bonds is 5. The highest BCUT2D eigenvalue weighted by atomic mass is 16.3. The van der Waals surface area contributed by atoms with Crippen molar-refractivity contribution in [2.45, 2.75) is 53.3 Å². The molecule has 2 N–H and O–H groups in total. The SMILES string of the molecule is Cc1cc(CNC(=O)N(CC(C)O)C(C)C)c(C)o1. The number of nitrogens with zero attached hydrogens (tertiary/aromatic N) is 1. The third-order valence-electron chi connectivity index (χ3n) is 2.92. The molecule has 0 spiro atoms. The summed E-state index contributed by atoms with van der Waals surface area (Å²) in [7, 11) is 0. The van der Waals surface area contributed by atoms with Crippen LogP contribution in [0.15, 0.2) is 10.5 Å². The average molecular weight is 268 g/mol. The number of urea groups is 1. The third kappa shape index (κ3) is 4.59. The van der Waals surface area contributed by atoms with Crippen molar-refractivity contribution >= 4 is 6.03 Å². The molecule has 0 aromatic carbocycles. The van der Waals surface area contributed by atoms with E-state index in [1.807, 2.05) is 33.8 Å². The number of aliphatic hydroxyl groups is 1. The number of aliphatic hydroxyl groups excluding tert-OH is 1. The van der Waals surface area contributed by atoms with Crippen molar-refractivity contribution in [3.8, 4) is 0 Å². The predicted octanol–water partition coefficient (Wildman–Crippen LogP) is 2.20. The molecule has 0 aliphatic carbocycles. The van der Waals surface area contributed by atoms with Crippen molar-refractivity contribution in [2.75, 3.05) is 6.54 Å². The summed E-state index contributed by atoms with van der Waals surface area (Å²) in [5, 5.41) is 12.3. The largest absolute Gasteiger partial charge is 0.466 e. The molecule has 0 radical (unpaired) electrons. The second kappa shape index (κ2) is 6.61. The summed E-state index contributed by atoms with van der Waals surface area (Å²) < 4.78 is 5.41. The van der Waals surface area contributed by atoms with E-state index in [0.717, 1.165) is 17.1 Å². The van der Waals surface area contributed by atoms with Crippen molar-refractivity contribution in [1.29, 1.82) is 0 Å². The molecule has 2 amide bonds. The number of nitrogens with one attached hydrogen (secondary N) is 1. The van der Waals surface area contributed by atoms with Crippen molar-refractivity contribution in [3.63, 3.8) is 0 Å². The number of carbonyl (C=O) groups is 1. The lowest BCUT2D eigenvalue weighted by Crippen LogP contribution is -2.46. The highest BCUT2D eigenvalue weighted by molar-refractivity contribution is 5.74. The standard InChI is InChI=1S/C14H24N2O3/c1-9(2)16(8-10(3)17)14(18)15-7-13-6-11(4)19-12(13)5/h6,9-10,17H,7-8H2,1-5H3,(H,15,18). The molecular weight excluding hydrogens is 244 g/mol. The molecule has 0 saturated heterocycles. The second-order valence-corrected chi connectivity index (χ2v) is 5.19. The molecule has 0 fully saturated rings. The Bertz CT molecular complexity index is 424. The van der Waals surface area contributed by atoms with E-state index in [1.165, 1.54) is 0 Å². The Morgan fingerprint density at radius 3 is 2.47 bits per heavy atom. The highest BCUT2D eigenvalue weighted by Crippen LogP contribution is 2.13. The van der Waals surface area contributed by atoms with Crippen LogP contribution in [0.25, 0.3) is 0 Å². The smallest absolute Gasteiger partial charge is 0.317 e. The minimum Gasteiger partial charge on any atom is -0.466 e. The minimum absolute atomic E-state index is 0.0433. The first-order chi connectivity index (χ1) is 8.81.